The van der Waals surface area contributed by atoms with Gasteiger partial charge in [-0.3, -0.25) is 0 Å². The van der Waals surface area contributed by atoms with Crippen LogP contribution in [0.4, 0.5) is 4.39 Å². The third-order valence-electron chi connectivity index (χ3n) is 3.01. The lowest BCUT2D eigenvalue weighted by atomic mass is 9.98. The SMILES string of the molecule is CCOc1ccc(Br)cc1C(O)c1cc(C)ccc1F. The first-order valence-corrected chi connectivity index (χ1v) is 7.18. The molecule has 0 aliphatic heterocycles. The van der Waals surface area contributed by atoms with Gasteiger partial charge in [0.2, 0.25) is 0 Å². The molecule has 0 aliphatic carbocycles. The third-order valence-corrected chi connectivity index (χ3v) is 3.51. The molecule has 4 heteroatoms. The van der Waals surface area contributed by atoms with E-state index < -0.39 is 11.9 Å². The number of hydrogen-bond acceptors (Lipinski definition) is 2. The monoisotopic (exact) mass is 338 g/mol. The van der Waals surface area contributed by atoms with Crippen LogP contribution in [0.5, 0.6) is 5.75 Å². The van der Waals surface area contributed by atoms with Crippen molar-refractivity contribution < 1.29 is 14.2 Å². The van der Waals surface area contributed by atoms with E-state index in [9.17, 15) is 9.50 Å². The fourth-order valence-electron chi connectivity index (χ4n) is 2.06. The number of aliphatic hydroxyl groups excluding tert-OH is 1. The van der Waals surface area contributed by atoms with Gasteiger partial charge in [-0.2, -0.15) is 0 Å². The molecule has 2 aromatic carbocycles. The highest BCUT2D eigenvalue weighted by Gasteiger charge is 2.19. The largest absolute Gasteiger partial charge is 0.493 e. The molecule has 1 atom stereocenters. The fourth-order valence-corrected chi connectivity index (χ4v) is 2.44. The van der Waals surface area contributed by atoms with E-state index in [1.165, 1.54) is 6.07 Å². The molecule has 0 saturated carbocycles. The minimum absolute atomic E-state index is 0.254. The molecule has 0 spiro atoms. The molecule has 0 saturated heterocycles. The van der Waals surface area contributed by atoms with Crippen molar-refractivity contribution in [2.75, 3.05) is 6.61 Å². The van der Waals surface area contributed by atoms with Crippen LogP contribution in [0.15, 0.2) is 40.9 Å². The third kappa shape index (κ3) is 3.19. The van der Waals surface area contributed by atoms with Gasteiger partial charge in [0.15, 0.2) is 0 Å². The van der Waals surface area contributed by atoms with E-state index >= 15 is 0 Å². The molecule has 0 bridgehead atoms. The summed E-state index contributed by atoms with van der Waals surface area (Å²) in [6.07, 6.45) is -1.06. The Labute approximate surface area is 126 Å². The van der Waals surface area contributed by atoms with Crippen molar-refractivity contribution in [1.82, 2.24) is 0 Å². The van der Waals surface area contributed by atoms with E-state index in [-0.39, 0.29) is 5.56 Å². The van der Waals surface area contributed by atoms with Crippen molar-refractivity contribution in [2.24, 2.45) is 0 Å². The van der Waals surface area contributed by atoms with Crippen molar-refractivity contribution in [3.05, 3.63) is 63.4 Å². The standard InChI is InChI=1S/C16H16BrFO2/c1-3-20-15-7-5-11(17)9-13(15)16(19)12-8-10(2)4-6-14(12)18/h4-9,16,19H,3H2,1-2H3. The summed E-state index contributed by atoms with van der Waals surface area (Å²) in [5.41, 5.74) is 1.70. The highest BCUT2D eigenvalue weighted by atomic mass is 79.9. The molecule has 1 unspecified atom stereocenters. The smallest absolute Gasteiger partial charge is 0.129 e. The second-order valence-electron chi connectivity index (χ2n) is 4.54. The van der Waals surface area contributed by atoms with Crippen LogP contribution in [0, 0.1) is 12.7 Å². The lowest BCUT2D eigenvalue weighted by Gasteiger charge is -2.17. The van der Waals surface area contributed by atoms with Crippen molar-refractivity contribution >= 4 is 15.9 Å². The Hall–Kier alpha value is -1.39. The van der Waals surface area contributed by atoms with Crippen molar-refractivity contribution in [1.29, 1.82) is 0 Å². The Bertz CT molecular complexity index is 613. The predicted molar refractivity (Wildman–Crippen MR) is 80.5 cm³/mol. The highest BCUT2D eigenvalue weighted by molar-refractivity contribution is 9.10. The Balaban J connectivity index is 2.49. The van der Waals surface area contributed by atoms with Crippen LogP contribution >= 0.6 is 15.9 Å². The molecule has 0 amide bonds. The van der Waals surface area contributed by atoms with Crippen molar-refractivity contribution in [3.63, 3.8) is 0 Å². The predicted octanol–water partition coefficient (Wildman–Crippen LogP) is 4.38. The van der Waals surface area contributed by atoms with Crippen LogP contribution in [-0.2, 0) is 0 Å². The maximum absolute atomic E-state index is 13.9. The van der Waals surface area contributed by atoms with Gasteiger partial charge >= 0.3 is 0 Å². The first-order chi connectivity index (χ1) is 9.52. The van der Waals surface area contributed by atoms with Gasteiger partial charge in [-0.05, 0) is 38.1 Å². The van der Waals surface area contributed by atoms with Gasteiger partial charge in [-0.1, -0.05) is 33.6 Å². The van der Waals surface area contributed by atoms with Gasteiger partial charge in [0.25, 0.3) is 0 Å². The normalized spacial score (nSPS) is 12.2. The number of halogens is 2. The topological polar surface area (TPSA) is 29.5 Å². The Morgan fingerprint density at radius 3 is 2.65 bits per heavy atom. The van der Waals surface area contributed by atoms with E-state index in [0.717, 1.165) is 10.0 Å². The average molecular weight is 339 g/mol. The Kier molecular flexibility index (Phi) is 4.78. The Morgan fingerprint density at radius 2 is 1.95 bits per heavy atom. The molecular weight excluding hydrogens is 323 g/mol. The molecule has 0 heterocycles. The van der Waals surface area contributed by atoms with Crippen LogP contribution < -0.4 is 4.74 Å². The summed E-state index contributed by atoms with van der Waals surface area (Å²) in [4.78, 5) is 0. The van der Waals surface area contributed by atoms with Crippen LogP contribution in [-0.4, -0.2) is 11.7 Å². The number of aliphatic hydroxyl groups is 1. The van der Waals surface area contributed by atoms with Gasteiger partial charge in [0.1, 0.15) is 17.7 Å². The molecule has 0 aromatic heterocycles. The molecule has 2 nitrogen and oxygen atoms in total. The molecule has 106 valence electrons. The summed E-state index contributed by atoms with van der Waals surface area (Å²) in [5, 5.41) is 10.5. The lowest BCUT2D eigenvalue weighted by Crippen LogP contribution is -2.06. The molecule has 0 radical (unpaired) electrons. The zero-order valence-corrected chi connectivity index (χ0v) is 12.9. The maximum Gasteiger partial charge on any atom is 0.129 e. The summed E-state index contributed by atoms with van der Waals surface area (Å²) in [6.45, 7) is 4.21. The van der Waals surface area contributed by atoms with Crippen LogP contribution in [0.25, 0.3) is 0 Å². The number of ether oxygens (including phenoxy) is 1. The lowest BCUT2D eigenvalue weighted by molar-refractivity contribution is 0.207. The van der Waals surface area contributed by atoms with Gasteiger partial charge < -0.3 is 9.84 Å². The first-order valence-electron chi connectivity index (χ1n) is 6.39. The maximum atomic E-state index is 13.9. The van der Waals surface area contributed by atoms with E-state index in [0.29, 0.717) is 17.9 Å². The van der Waals surface area contributed by atoms with Gasteiger partial charge in [0, 0.05) is 15.6 Å². The summed E-state index contributed by atoms with van der Waals surface area (Å²) in [5.74, 6) is 0.134. The summed E-state index contributed by atoms with van der Waals surface area (Å²) in [6, 6.07) is 10.0. The number of aryl methyl sites for hydroxylation is 1. The second-order valence-corrected chi connectivity index (χ2v) is 5.46. The summed E-state index contributed by atoms with van der Waals surface area (Å²) in [7, 11) is 0. The zero-order valence-electron chi connectivity index (χ0n) is 11.4. The molecule has 2 aromatic rings. The Morgan fingerprint density at radius 1 is 1.20 bits per heavy atom. The van der Waals surface area contributed by atoms with Gasteiger partial charge in [-0.25, -0.2) is 4.39 Å². The quantitative estimate of drug-likeness (QED) is 0.896. The van der Waals surface area contributed by atoms with Gasteiger partial charge in [-0.15, -0.1) is 0 Å². The van der Waals surface area contributed by atoms with Crippen LogP contribution in [0.1, 0.15) is 29.7 Å². The molecule has 20 heavy (non-hydrogen) atoms. The molecular formula is C16H16BrFO2. The molecule has 0 aliphatic rings. The second kappa shape index (κ2) is 6.37. The van der Waals surface area contributed by atoms with E-state index in [4.69, 9.17) is 4.74 Å². The minimum Gasteiger partial charge on any atom is -0.493 e. The molecule has 1 N–H and O–H groups in total. The van der Waals surface area contributed by atoms with Gasteiger partial charge in [0.05, 0.1) is 6.61 Å². The van der Waals surface area contributed by atoms with Crippen LogP contribution in [0.3, 0.4) is 0 Å². The number of rotatable bonds is 4. The zero-order chi connectivity index (χ0) is 14.7. The minimum atomic E-state index is -1.06. The fraction of sp³-hybridized carbons (Fsp3) is 0.250. The first kappa shape index (κ1) is 15.0. The highest BCUT2D eigenvalue weighted by Crippen LogP contribution is 2.33. The molecule has 0 fully saturated rings. The number of benzene rings is 2. The van der Waals surface area contributed by atoms with E-state index in [1.807, 2.05) is 19.9 Å². The van der Waals surface area contributed by atoms with Crippen molar-refractivity contribution in [3.8, 4) is 5.75 Å². The summed E-state index contributed by atoms with van der Waals surface area (Å²) < 4.78 is 20.2. The van der Waals surface area contributed by atoms with E-state index in [1.54, 1.807) is 24.3 Å². The average Bonchev–Trinajstić information content (AvgIpc) is 2.43. The van der Waals surface area contributed by atoms with E-state index in [2.05, 4.69) is 15.9 Å². The molecule has 2 rings (SSSR count). The van der Waals surface area contributed by atoms with Crippen molar-refractivity contribution in [2.45, 2.75) is 20.0 Å². The summed E-state index contributed by atoms with van der Waals surface area (Å²) >= 11 is 3.36. The number of hydrogen-bond donors (Lipinski definition) is 1. The van der Waals surface area contributed by atoms with Crippen LogP contribution in [0.2, 0.25) is 0 Å².